The summed E-state index contributed by atoms with van der Waals surface area (Å²) in [7, 11) is 4.10. The summed E-state index contributed by atoms with van der Waals surface area (Å²) in [5, 5.41) is 0. The van der Waals surface area contributed by atoms with Crippen LogP contribution in [0.5, 0.6) is 0 Å². The van der Waals surface area contributed by atoms with Crippen LogP contribution in [0.25, 0.3) is 57.6 Å². The average molecular weight is 405 g/mol. The van der Waals surface area contributed by atoms with Crippen molar-refractivity contribution in [2.75, 3.05) is 0 Å². The van der Waals surface area contributed by atoms with Gasteiger partial charge in [-0.1, -0.05) is 0 Å². The number of aryl methyl sites for hydroxylation is 2. The van der Waals surface area contributed by atoms with Crippen LogP contribution in [0.2, 0.25) is 0 Å². The van der Waals surface area contributed by atoms with Crippen molar-refractivity contribution in [3.05, 3.63) is 77.8 Å². The first-order valence-electron chi connectivity index (χ1n) is 10.2. The maximum atomic E-state index is 4.77. The van der Waals surface area contributed by atoms with Crippen LogP contribution in [0.3, 0.4) is 0 Å². The first-order chi connectivity index (χ1) is 15.1. The molecule has 4 aromatic heterocycles. The summed E-state index contributed by atoms with van der Waals surface area (Å²) >= 11 is 0. The Morgan fingerprint density at radius 1 is 0.742 bits per heavy atom. The first-order valence-corrected chi connectivity index (χ1v) is 10.2. The normalized spacial score (nSPS) is 12.6. The molecule has 0 unspecified atom stereocenters. The molecule has 6 rings (SSSR count). The summed E-state index contributed by atoms with van der Waals surface area (Å²) in [6.45, 7) is 0. The van der Waals surface area contributed by atoms with Crippen molar-refractivity contribution in [2.24, 2.45) is 14.1 Å². The van der Waals surface area contributed by atoms with Crippen LogP contribution in [0, 0.1) is 0 Å². The van der Waals surface area contributed by atoms with Gasteiger partial charge in [0.25, 0.3) is 0 Å². The van der Waals surface area contributed by atoms with Crippen LogP contribution >= 0.6 is 0 Å². The van der Waals surface area contributed by atoms with Crippen molar-refractivity contribution >= 4 is 46.4 Å². The second-order valence-corrected chi connectivity index (χ2v) is 7.99. The highest BCUT2D eigenvalue weighted by atomic mass is 15.1. The summed E-state index contributed by atoms with van der Waals surface area (Å²) in [4.78, 5) is 16.5. The molecule has 0 atom stereocenters. The van der Waals surface area contributed by atoms with E-state index in [9.17, 15) is 0 Å². The third-order valence-electron chi connectivity index (χ3n) is 5.51. The number of fused-ring (bicyclic) bond motifs is 8. The van der Waals surface area contributed by atoms with Gasteiger partial charge in [-0.15, -0.1) is 0 Å². The van der Waals surface area contributed by atoms with E-state index in [2.05, 4.69) is 74.0 Å². The molecule has 0 radical (unpaired) electrons. The number of rotatable bonds is 1. The van der Waals surface area contributed by atoms with Gasteiger partial charge in [-0.2, -0.15) is 0 Å². The molecule has 31 heavy (non-hydrogen) atoms. The van der Waals surface area contributed by atoms with Crippen LogP contribution in [-0.2, 0) is 14.1 Å². The van der Waals surface area contributed by atoms with E-state index in [4.69, 9.17) is 4.98 Å². The highest BCUT2D eigenvalue weighted by Gasteiger charge is 2.14. The second-order valence-electron chi connectivity index (χ2n) is 7.99. The minimum absolute atomic E-state index is 0.898. The first kappa shape index (κ1) is 17.7. The summed E-state index contributed by atoms with van der Waals surface area (Å²) in [5.41, 5.74) is 10.00. The Labute approximate surface area is 178 Å². The smallest absolute Gasteiger partial charge is 0.243 e. The molecule has 2 aliphatic rings. The van der Waals surface area contributed by atoms with Gasteiger partial charge in [0, 0.05) is 16.6 Å². The fourth-order valence-electron chi connectivity index (χ4n) is 4.14. The van der Waals surface area contributed by atoms with Gasteiger partial charge in [0.1, 0.15) is 6.20 Å². The number of hydrogen-bond acceptors (Lipinski definition) is 2. The Kier molecular flexibility index (Phi) is 3.80. The van der Waals surface area contributed by atoms with Crippen LogP contribution in [0.4, 0.5) is 0 Å². The van der Waals surface area contributed by atoms with Crippen LogP contribution < -0.4 is 4.57 Å². The van der Waals surface area contributed by atoms with Crippen molar-refractivity contribution < 1.29 is 4.57 Å². The van der Waals surface area contributed by atoms with Crippen molar-refractivity contribution in [2.45, 2.75) is 0 Å². The summed E-state index contributed by atoms with van der Waals surface area (Å²) in [5.74, 6) is 0. The predicted octanol–water partition coefficient (Wildman–Crippen LogP) is 4.49. The average Bonchev–Trinajstić information content (AvgIpc) is 3.52. The molecule has 0 fully saturated rings. The Bertz CT molecular complexity index is 1560. The molecule has 0 saturated heterocycles. The Hall–Kier alpha value is -4.19. The molecule has 150 valence electrons. The maximum absolute atomic E-state index is 4.77. The molecule has 0 saturated carbocycles. The number of aromatic nitrogens is 6. The standard InChI is InChI=1S/C25H21N6/c1-30-14-25(31(2)15-30)23-12-22-11-20-6-5-18(27-20)9-16-3-4-17(26-16)10-19-7-8-21(28-19)13-24(23)29-22/h3-15,27,29H,1-2H3/q+1. The number of aromatic amines is 2. The monoisotopic (exact) mass is 405 g/mol. The predicted molar refractivity (Wildman–Crippen MR) is 124 cm³/mol. The third-order valence-corrected chi connectivity index (χ3v) is 5.51. The highest BCUT2D eigenvalue weighted by molar-refractivity contribution is 5.86. The molecule has 0 amide bonds. The number of nitrogens with zero attached hydrogens (tertiary/aromatic N) is 4. The molecule has 0 aromatic carbocycles. The Morgan fingerprint density at radius 2 is 1.39 bits per heavy atom. The quantitative estimate of drug-likeness (QED) is 0.396. The molecule has 2 aliphatic heterocycles. The van der Waals surface area contributed by atoms with Crippen molar-refractivity contribution in [1.29, 1.82) is 0 Å². The zero-order valence-corrected chi connectivity index (χ0v) is 17.3. The van der Waals surface area contributed by atoms with Gasteiger partial charge in [0.05, 0.1) is 48.0 Å². The van der Waals surface area contributed by atoms with E-state index >= 15 is 0 Å². The summed E-state index contributed by atoms with van der Waals surface area (Å²) in [6.07, 6.45) is 12.3. The Balaban J connectivity index is 1.69. The molecule has 6 nitrogen and oxygen atoms in total. The fraction of sp³-hybridized carbons (Fsp3) is 0.0800. The largest absolute Gasteiger partial charge is 0.355 e. The lowest BCUT2D eigenvalue weighted by Crippen LogP contribution is -2.23. The molecule has 6 heterocycles. The van der Waals surface area contributed by atoms with Crippen molar-refractivity contribution in [1.82, 2.24) is 24.5 Å². The van der Waals surface area contributed by atoms with Gasteiger partial charge in [-0.05, 0) is 66.8 Å². The number of imidazole rings is 1. The van der Waals surface area contributed by atoms with E-state index in [0.29, 0.717) is 0 Å². The zero-order chi connectivity index (χ0) is 20.9. The molecule has 0 spiro atoms. The van der Waals surface area contributed by atoms with Gasteiger partial charge in [-0.3, -0.25) is 0 Å². The van der Waals surface area contributed by atoms with Crippen LogP contribution in [0.1, 0.15) is 22.8 Å². The zero-order valence-electron chi connectivity index (χ0n) is 17.3. The lowest BCUT2D eigenvalue weighted by atomic mass is 10.2. The summed E-state index contributed by atoms with van der Waals surface area (Å²) < 4.78 is 4.19. The summed E-state index contributed by atoms with van der Waals surface area (Å²) in [6, 6.07) is 14.6. The topological polar surface area (TPSA) is 66.2 Å². The van der Waals surface area contributed by atoms with Crippen molar-refractivity contribution in [3.63, 3.8) is 0 Å². The van der Waals surface area contributed by atoms with E-state index < -0.39 is 0 Å². The van der Waals surface area contributed by atoms with E-state index in [-0.39, 0.29) is 0 Å². The number of H-pyrrole nitrogens is 2. The molecule has 2 N–H and O–H groups in total. The lowest BCUT2D eigenvalue weighted by Gasteiger charge is -1.93. The number of nitrogens with one attached hydrogen (secondary N) is 2. The van der Waals surface area contributed by atoms with Gasteiger partial charge >= 0.3 is 0 Å². The fourth-order valence-corrected chi connectivity index (χ4v) is 4.14. The van der Waals surface area contributed by atoms with Crippen molar-refractivity contribution in [3.8, 4) is 11.3 Å². The van der Waals surface area contributed by atoms with Gasteiger partial charge in [-0.25, -0.2) is 19.1 Å². The molecular formula is C25H21N6+. The van der Waals surface area contributed by atoms with Gasteiger partial charge in [0.15, 0.2) is 5.69 Å². The maximum Gasteiger partial charge on any atom is 0.243 e. The van der Waals surface area contributed by atoms with Gasteiger partial charge in [0.2, 0.25) is 6.33 Å². The molecule has 8 bridgehead atoms. The number of hydrogen-bond donors (Lipinski definition) is 2. The van der Waals surface area contributed by atoms with E-state index in [1.165, 1.54) is 0 Å². The molecule has 4 aromatic rings. The SMILES string of the molecule is Cn1c[n+](C)cc1-c1cc2cc3ccc(cc4nc(cc5nc(cc1[nH]2)C=C5)C=C4)[nH]3. The van der Waals surface area contributed by atoms with Crippen LogP contribution in [0.15, 0.2) is 55.0 Å². The molecule has 6 heteroatoms. The van der Waals surface area contributed by atoms with Crippen LogP contribution in [-0.4, -0.2) is 24.5 Å². The third kappa shape index (κ3) is 3.28. The highest BCUT2D eigenvalue weighted by Crippen LogP contribution is 2.26. The van der Waals surface area contributed by atoms with E-state index in [0.717, 1.165) is 56.1 Å². The second kappa shape index (κ2) is 6.67. The van der Waals surface area contributed by atoms with Gasteiger partial charge < -0.3 is 9.97 Å². The van der Waals surface area contributed by atoms with E-state index in [1.54, 1.807) is 0 Å². The molecule has 0 aliphatic carbocycles. The minimum Gasteiger partial charge on any atom is -0.355 e. The molecular weight excluding hydrogens is 384 g/mol. The Morgan fingerprint density at radius 3 is 2.06 bits per heavy atom. The lowest BCUT2D eigenvalue weighted by molar-refractivity contribution is -0.670. The van der Waals surface area contributed by atoms with E-state index in [1.807, 2.05) is 43.5 Å². The minimum atomic E-state index is 0.898.